The van der Waals surface area contributed by atoms with Gasteiger partial charge < -0.3 is 14.8 Å². The zero-order chi connectivity index (χ0) is 21.3. The number of hydrazone groups is 1. The van der Waals surface area contributed by atoms with E-state index in [4.69, 9.17) is 9.47 Å². The first-order valence-electron chi connectivity index (χ1n) is 10.5. The Kier molecular flexibility index (Phi) is 7.71. The van der Waals surface area contributed by atoms with E-state index in [1.54, 1.807) is 7.11 Å². The molecule has 0 spiro atoms. The van der Waals surface area contributed by atoms with E-state index in [-0.39, 0.29) is 11.9 Å². The molecule has 1 aliphatic rings. The second-order valence-electron chi connectivity index (χ2n) is 7.89. The van der Waals surface area contributed by atoms with Crippen molar-refractivity contribution < 1.29 is 14.3 Å². The van der Waals surface area contributed by atoms with Crippen molar-refractivity contribution in [3.8, 4) is 11.5 Å². The lowest BCUT2D eigenvalue weighted by Gasteiger charge is -2.32. The molecule has 160 valence electrons. The Balaban J connectivity index is 1.70. The number of rotatable bonds is 8. The highest BCUT2D eigenvalue weighted by Crippen LogP contribution is 2.31. The van der Waals surface area contributed by atoms with Crippen molar-refractivity contribution in [2.75, 3.05) is 25.6 Å². The lowest BCUT2D eigenvalue weighted by molar-refractivity contribution is -0.122. The van der Waals surface area contributed by atoms with Crippen LogP contribution in [0.3, 0.4) is 0 Å². The van der Waals surface area contributed by atoms with Crippen molar-refractivity contribution in [2.24, 2.45) is 11.0 Å². The van der Waals surface area contributed by atoms with Gasteiger partial charge in [0, 0.05) is 18.3 Å². The van der Waals surface area contributed by atoms with Crippen LogP contribution in [0, 0.1) is 5.92 Å². The summed E-state index contributed by atoms with van der Waals surface area (Å²) in [5.41, 5.74) is 1.71. The van der Waals surface area contributed by atoms with E-state index >= 15 is 0 Å². The number of nitrogens with zero attached hydrogens (tertiary/aromatic N) is 2. The summed E-state index contributed by atoms with van der Waals surface area (Å²) in [5, 5.41) is 9.52. The number of hydrogen-bond donors (Lipinski definition) is 1. The normalized spacial score (nSPS) is 16.7. The lowest BCUT2D eigenvalue weighted by atomic mass is 10.0. The van der Waals surface area contributed by atoms with E-state index in [1.165, 1.54) is 0 Å². The van der Waals surface area contributed by atoms with Gasteiger partial charge in [0.1, 0.15) is 6.04 Å². The van der Waals surface area contributed by atoms with Gasteiger partial charge in [0.2, 0.25) is 5.91 Å². The average Bonchev–Trinajstić information content (AvgIpc) is 2.77. The predicted molar refractivity (Wildman–Crippen MR) is 120 cm³/mol. The topological polar surface area (TPSA) is 63.2 Å². The van der Waals surface area contributed by atoms with Crippen LogP contribution in [0.1, 0.15) is 38.7 Å². The Morgan fingerprint density at radius 1 is 1.20 bits per heavy atom. The SMILES string of the molecule is COc1ccc(NC(=O)C2CCCCN2/N=C/c2ccccc2)cc1OCC(C)C. The molecule has 1 atom stereocenters. The summed E-state index contributed by atoms with van der Waals surface area (Å²) in [5.74, 6) is 1.62. The van der Waals surface area contributed by atoms with Crippen LogP contribution in [0.2, 0.25) is 0 Å². The van der Waals surface area contributed by atoms with Gasteiger partial charge >= 0.3 is 0 Å². The second kappa shape index (κ2) is 10.7. The van der Waals surface area contributed by atoms with Crippen LogP contribution in [-0.2, 0) is 4.79 Å². The first-order chi connectivity index (χ1) is 14.6. The third kappa shape index (κ3) is 5.99. The van der Waals surface area contributed by atoms with Crippen molar-refractivity contribution >= 4 is 17.8 Å². The second-order valence-corrected chi connectivity index (χ2v) is 7.89. The highest BCUT2D eigenvalue weighted by Gasteiger charge is 2.28. The molecule has 1 aliphatic heterocycles. The molecule has 30 heavy (non-hydrogen) atoms. The monoisotopic (exact) mass is 409 g/mol. The van der Waals surface area contributed by atoms with E-state index in [0.717, 1.165) is 31.4 Å². The van der Waals surface area contributed by atoms with Crippen molar-refractivity contribution in [2.45, 2.75) is 39.2 Å². The van der Waals surface area contributed by atoms with Crippen LogP contribution >= 0.6 is 0 Å². The van der Waals surface area contributed by atoms with Crippen LogP contribution in [0.4, 0.5) is 5.69 Å². The Morgan fingerprint density at radius 3 is 2.73 bits per heavy atom. The molecule has 6 nitrogen and oxygen atoms in total. The zero-order valence-electron chi connectivity index (χ0n) is 18.0. The van der Waals surface area contributed by atoms with Crippen LogP contribution in [0.15, 0.2) is 53.6 Å². The van der Waals surface area contributed by atoms with Gasteiger partial charge in [-0.1, -0.05) is 44.2 Å². The Hall–Kier alpha value is -3.02. The van der Waals surface area contributed by atoms with E-state index in [9.17, 15) is 4.79 Å². The summed E-state index contributed by atoms with van der Waals surface area (Å²) in [6, 6.07) is 15.1. The number of amides is 1. The molecule has 1 amide bonds. The smallest absolute Gasteiger partial charge is 0.248 e. The van der Waals surface area contributed by atoms with Crippen LogP contribution in [0.5, 0.6) is 11.5 Å². The maximum absolute atomic E-state index is 13.0. The zero-order valence-corrected chi connectivity index (χ0v) is 18.0. The molecule has 2 aromatic rings. The summed E-state index contributed by atoms with van der Waals surface area (Å²) < 4.78 is 11.2. The maximum atomic E-state index is 13.0. The van der Waals surface area contributed by atoms with E-state index in [1.807, 2.05) is 59.8 Å². The quantitative estimate of drug-likeness (QED) is 0.650. The third-order valence-corrected chi connectivity index (χ3v) is 4.94. The molecule has 1 unspecified atom stereocenters. The first-order valence-corrected chi connectivity index (χ1v) is 10.5. The number of ether oxygens (including phenoxy) is 2. The first kappa shape index (κ1) is 21.7. The number of anilines is 1. The van der Waals surface area contributed by atoms with Gasteiger partial charge in [-0.3, -0.25) is 9.80 Å². The van der Waals surface area contributed by atoms with Crippen molar-refractivity contribution in [1.29, 1.82) is 0 Å². The molecule has 1 heterocycles. The number of piperidine rings is 1. The molecule has 0 radical (unpaired) electrons. The third-order valence-electron chi connectivity index (χ3n) is 4.94. The van der Waals surface area contributed by atoms with Gasteiger partial charge in [-0.25, -0.2) is 0 Å². The average molecular weight is 410 g/mol. The van der Waals surface area contributed by atoms with E-state index in [0.29, 0.717) is 29.7 Å². The molecule has 0 aromatic heterocycles. The largest absolute Gasteiger partial charge is 0.493 e. The fourth-order valence-electron chi connectivity index (χ4n) is 3.35. The number of hydrogen-bond acceptors (Lipinski definition) is 5. The summed E-state index contributed by atoms with van der Waals surface area (Å²) in [6.45, 7) is 5.53. The Bertz CT molecular complexity index is 852. The molecule has 6 heteroatoms. The fraction of sp³-hybridized carbons (Fsp3) is 0.417. The highest BCUT2D eigenvalue weighted by atomic mass is 16.5. The molecule has 1 fully saturated rings. The highest BCUT2D eigenvalue weighted by molar-refractivity contribution is 5.95. The number of nitrogens with one attached hydrogen (secondary N) is 1. The molecule has 1 N–H and O–H groups in total. The summed E-state index contributed by atoms with van der Waals surface area (Å²) in [7, 11) is 1.61. The Labute approximate surface area is 178 Å². The van der Waals surface area contributed by atoms with Crippen molar-refractivity contribution in [1.82, 2.24) is 5.01 Å². The molecule has 1 saturated heterocycles. The fourth-order valence-corrected chi connectivity index (χ4v) is 3.35. The number of carbonyl (C=O) groups excluding carboxylic acids is 1. The lowest BCUT2D eigenvalue weighted by Crippen LogP contribution is -2.44. The molecule has 2 aromatic carbocycles. The summed E-state index contributed by atoms with van der Waals surface area (Å²) in [6.07, 6.45) is 4.65. The predicted octanol–water partition coefficient (Wildman–Crippen LogP) is 4.56. The molecule has 0 bridgehead atoms. The van der Waals surface area contributed by atoms with Gasteiger partial charge in [0.15, 0.2) is 11.5 Å². The van der Waals surface area contributed by atoms with Gasteiger partial charge in [0.25, 0.3) is 0 Å². The van der Waals surface area contributed by atoms with Gasteiger partial charge in [0.05, 0.1) is 19.9 Å². The molecular formula is C24H31N3O3. The van der Waals surface area contributed by atoms with Gasteiger partial charge in [-0.15, -0.1) is 0 Å². The maximum Gasteiger partial charge on any atom is 0.248 e. The van der Waals surface area contributed by atoms with Crippen LogP contribution < -0.4 is 14.8 Å². The van der Waals surface area contributed by atoms with Gasteiger partial charge in [-0.2, -0.15) is 5.10 Å². The summed E-state index contributed by atoms with van der Waals surface area (Å²) in [4.78, 5) is 13.0. The number of carbonyl (C=O) groups is 1. The van der Waals surface area contributed by atoms with Crippen LogP contribution in [-0.4, -0.2) is 43.4 Å². The standard InChI is InChI=1S/C24H31N3O3/c1-18(2)17-30-23-15-20(12-13-22(23)29-3)26-24(28)21-11-7-8-14-27(21)25-16-19-9-5-4-6-10-19/h4-6,9-10,12-13,15-16,18,21H,7-8,11,14,17H2,1-3H3,(H,26,28)/b25-16+. The minimum absolute atomic E-state index is 0.0557. The van der Waals surface area contributed by atoms with E-state index in [2.05, 4.69) is 24.3 Å². The van der Waals surface area contributed by atoms with Crippen molar-refractivity contribution in [3.63, 3.8) is 0 Å². The number of benzene rings is 2. The summed E-state index contributed by atoms with van der Waals surface area (Å²) >= 11 is 0. The van der Waals surface area contributed by atoms with E-state index < -0.39 is 0 Å². The minimum atomic E-state index is -0.291. The molecule has 0 saturated carbocycles. The number of methoxy groups -OCH3 is 1. The molecule has 3 rings (SSSR count). The minimum Gasteiger partial charge on any atom is -0.493 e. The van der Waals surface area contributed by atoms with Crippen molar-refractivity contribution in [3.05, 3.63) is 54.1 Å². The molecule has 0 aliphatic carbocycles. The Morgan fingerprint density at radius 2 is 2.00 bits per heavy atom. The van der Waals surface area contributed by atoms with Crippen LogP contribution in [0.25, 0.3) is 0 Å². The van der Waals surface area contributed by atoms with Gasteiger partial charge in [-0.05, 0) is 42.9 Å². The molecular weight excluding hydrogens is 378 g/mol.